The van der Waals surface area contributed by atoms with Gasteiger partial charge in [0, 0.05) is 25.9 Å². The molecule has 0 bridgehead atoms. The van der Waals surface area contributed by atoms with Gasteiger partial charge >= 0.3 is 0 Å². The van der Waals surface area contributed by atoms with Crippen LogP contribution in [0.5, 0.6) is 0 Å². The highest BCUT2D eigenvalue weighted by Crippen LogP contribution is 2.20. The third kappa shape index (κ3) is 3.04. The molecule has 4 heteroatoms. The second kappa shape index (κ2) is 5.88. The van der Waals surface area contributed by atoms with E-state index in [1.807, 2.05) is 24.1 Å². The Balaban J connectivity index is 2.81. The number of ether oxygens (including phenoxy) is 1. The van der Waals surface area contributed by atoms with E-state index in [4.69, 9.17) is 4.74 Å². The molecule has 4 nitrogen and oxygen atoms in total. The summed E-state index contributed by atoms with van der Waals surface area (Å²) in [5, 5.41) is 7.63. The lowest BCUT2D eigenvalue weighted by atomic mass is 10.0. The minimum atomic E-state index is 0.203. The highest BCUT2D eigenvalue weighted by Gasteiger charge is 2.21. The van der Waals surface area contributed by atoms with Gasteiger partial charge in [-0.1, -0.05) is 13.8 Å². The van der Waals surface area contributed by atoms with E-state index in [0.717, 1.165) is 13.0 Å². The highest BCUT2D eigenvalue weighted by molar-refractivity contribution is 5.12. The fourth-order valence-electron chi connectivity index (χ4n) is 1.82. The first-order valence-corrected chi connectivity index (χ1v) is 5.47. The fraction of sp³-hybridized carbons (Fsp3) is 0.727. The number of aryl methyl sites for hydroxylation is 1. The molecule has 0 radical (unpaired) electrons. The van der Waals surface area contributed by atoms with Gasteiger partial charge in [0.15, 0.2) is 0 Å². The van der Waals surface area contributed by atoms with Crippen LogP contribution in [0.4, 0.5) is 0 Å². The monoisotopic (exact) mass is 211 g/mol. The number of nitrogens with one attached hydrogen (secondary N) is 1. The van der Waals surface area contributed by atoms with E-state index in [-0.39, 0.29) is 12.1 Å². The molecule has 1 aromatic rings. The van der Waals surface area contributed by atoms with Gasteiger partial charge in [0.25, 0.3) is 0 Å². The Labute approximate surface area is 91.6 Å². The van der Waals surface area contributed by atoms with Crippen LogP contribution < -0.4 is 5.32 Å². The standard InChI is InChI=1S/C11H21N3O/c1-5-10(15-4)11(12-6-2)9-7-13-14(3)8-9/h7-8,10-12H,5-6H2,1-4H3. The van der Waals surface area contributed by atoms with Crippen molar-refractivity contribution in [2.24, 2.45) is 7.05 Å². The molecule has 1 N–H and O–H groups in total. The van der Waals surface area contributed by atoms with Gasteiger partial charge in [0.1, 0.15) is 0 Å². The van der Waals surface area contributed by atoms with Crippen LogP contribution in [0.2, 0.25) is 0 Å². The van der Waals surface area contributed by atoms with Crippen molar-refractivity contribution in [1.29, 1.82) is 0 Å². The third-order valence-electron chi connectivity index (χ3n) is 2.58. The molecule has 0 spiro atoms. The Hall–Kier alpha value is -0.870. The normalized spacial score (nSPS) is 15.2. The van der Waals surface area contributed by atoms with Gasteiger partial charge in [0.05, 0.1) is 18.3 Å². The van der Waals surface area contributed by atoms with Gasteiger partial charge in [-0.15, -0.1) is 0 Å². The Morgan fingerprint density at radius 3 is 2.67 bits per heavy atom. The smallest absolute Gasteiger partial charge is 0.0764 e. The maximum absolute atomic E-state index is 5.48. The first-order chi connectivity index (χ1) is 7.22. The molecule has 0 aromatic carbocycles. The number of hydrogen-bond donors (Lipinski definition) is 1. The predicted octanol–water partition coefficient (Wildman–Crippen LogP) is 1.50. The molecule has 0 aliphatic carbocycles. The maximum atomic E-state index is 5.48. The van der Waals surface area contributed by atoms with E-state index in [9.17, 15) is 0 Å². The van der Waals surface area contributed by atoms with E-state index in [1.165, 1.54) is 5.56 Å². The molecule has 0 fully saturated rings. The minimum absolute atomic E-state index is 0.203. The zero-order valence-electron chi connectivity index (χ0n) is 10.0. The largest absolute Gasteiger partial charge is 0.379 e. The molecular formula is C11H21N3O. The van der Waals surface area contributed by atoms with Gasteiger partial charge in [-0.25, -0.2) is 0 Å². The van der Waals surface area contributed by atoms with Crippen LogP contribution in [0.15, 0.2) is 12.4 Å². The molecule has 86 valence electrons. The van der Waals surface area contributed by atoms with E-state index in [1.54, 1.807) is 7.11 Å². The third-order valence-corrected chi connectivity index (χ3v) is 2.58. The van der Waals surface area contributed by atoms with Crippen molar-refractivity contribution in [2.75, 3.05) is 13.7 Å². The first kappa shape index (κ1) is 12.2. The Morgan fingerprint density at radius 1 is 1.53 bits per heavy atom. The van der Waals surface area contributed by atoms with Crippen LogP contribution >= 0.6 is 0 Å². The predicted molar refractivity (Wildman–Crippen MR) is 60.7 cm³/mol. The van der Waals surface area contributed by atoms with E-state index in [2.05, 4.69) is 24.3 Å². The van der Waals surface area contributed by atoms with Crippen molar-refractivity contribution >= 4 is 0 Å². The van der Waals surface area contributed by atoms with Gasteiger partial charge in [-0.05, 0) is 13.0 Å². The van der Waals surface area contributed by atoms with Crippen LogP contribution in [0.3, 0.4) is 0 Å². The number of nitrogens with zero attached hydrogens (tertiary/aromatic N) is 2. The van der Waals surface area contributed by atoms with Gasteiger partial charge in [-0.2, -0.15) is 5.10 Å². The molecule has 0 saturated carbocycles. The van der Waals surface area contributed by atoms with E-state index >= 15 is 0 Å². The average molecular weight is 211 g/mol. The van der Waals surface area contributed by atoms with Gasteiger partial charge in [0.2, 0.25) is 0 Å². The summed E-state index contributed by atoms with van der Waals surface area (Å²) in [6.07, 6.45) is 5.13. The molecule has 0 saturated heterocycles. The number of hydrogen-bond acceptors (Lipinski definition) is 3. The SMILES string of the molecule is CCNC(c1cnn(C)c1)C(CC)OC. The molecule has 0 amide bonds. The van der Waals surface area contributed by atoms with Crippen LogP contribution in [-0.4, -0.2) is 29.5 Å². The molecule has 2 unspecified atom stereocenters. The summed E-state index contributed by atoms with van der Waals surface area (Å²) in [5.74, 6) is 0. The van der Waals surface area contributed by atoms with E-state index in [0.29, 0.717) is 0 Å². The number of likely N-dealkylation sites (N-methyl/N-ethyl adjacent to an activating group) is 1. The lowest BCUT2D eigenvalue weighted by Crippen LogP contribution is -2.32. The number of rotatable bonds is 6. The molecule has 1 aromatic heterocycles. The highest BCUT2D eigenvalue weighted by atomic mass is 16.5. The maximum Gasteiger partial charge on any atom is 0.0764 e. The summed E-state index contributed by atoms with van der Waals surface area (Å²) in [7, 11) is 3.69. The Bertz CT molecular complexity index is 281. The first-order valence-electron chi connectivity index (χ1n) is 5.47. The summed E-state index contributed by atoms with van der Waals surface area (Å²) in [4.78, 5) is 0. The van der Waals surface area contributed by atoms with Crippen LogP contribution in [0.25, 0.3) is 0 Å². The molecule has 0 aliphatic rings. The zero-order chi connectivity index (χ0) is 11.3. The summed E-state index contributed by atoms with van der Waals surface area (Å²) in [6, 6.07) is 0.235. The molecule has 15 heavy (non-hydrogen) atoms. The average Bonchev–Trinajstić information content (AvgIpc) is 2.65. The molecule has 1 rings (SSSR count). The fourth-order valence-corrected chi connectivity index (χ4v) is 1.82. The van der Waals surface area contributed by atoms with Crippen molar-refractivity contribution in [3.8, 4) is 0 Å². The second-order valence-corrected chi connectivity index (χ2v) is 3.67. The Kier molecular flexibility index (Phi) is 4.78. The summed E-state index contributed by atoms with van der Waals surface area (Å²) < 4.78 is 7.30. The Morgan fingerprint density at radius 2 is 2.27 bits per heavy atom. The van der Waals surface area contributed by atoms with Crippen LogP contribution in [0, 0.1) is 0 Å². The summed E-state index contributed by atoms with van der Waals surface area (Å²) >= 11 is 0. The second-order valence-electron chi connectivity index (χ2n) is 3.67. The number of methoxy groups -OCH3 is 1. The van der Waals surface area contributed by atoms with Gasteiger partial charge in [-0.3, -0.25) is 4.68 Å². The summed E-state index contributed by atoms with van der Waals surface area (Å²) in [5.41, 5.74) is 1.19. The lowest BCUT2D eigenvalue weighted by molar-refractivity contribution is 0.0656. The van der Waals surface area contributed by atoms with Crippen molar-refractivity contribution in [2.45, 2.75) is 32.4 Å². The lowest BCUT2D eigenvalue weighted by Gasteiger charge is -2.24. The molecule has 0 aliphatic heterocycles. The molecule has 2 atom stereocenters. The van der Waals surface area contributed by atoms with Crippen LogP contribution in [-0.2, 0) is 11.8 Å². The molecule has 1 heterocycles. The summed E-state index contributed by atoms with van der Waals surface area (Å²) in [6.45, 7) is 5.17. The van der Waals surface area contributed by atoms with E-state index < -0.39 is 0 Å². The van der Waals surface area contributed by atoms with Crippen molar-refractivity contribution in [3.63, 3.8) is 0 Å². The number of aromatic nitrogens is 2. The minimum Gasteiger partial charge on any atom is -0.379 e. The van der Waals surface area contributed by atoms with Crippen molar-refractivity contribution in [3.05, 3.63) is 18.0 Å². The van der Waals surface area contributed by atoms with Crippen LogP contribution in [0.1, 0.15) is 31.9 Å². The van der Waals surface area contributed by atoms with Crippen molar-refractivity contribution < 1.29 is 4.74 Å². The zero-order valence-corrected chi connectivity index (χ0v) is 10.0. The quantitative estimate of drug-likeness (QED) is 0.775. The topological polar surface area (TPSA) is 39.1 Å². The van der Waals surface area contributed by atoms with Gasteiger partial charge < -0.3 is 10.1 Å². The van der Waals surface area contributed by atoms with Crippen molar-refractivity contribution in [1.82, 2.24) is 15.1 Å². The molecular weight excluding hydrogens is 190 g/mol.